The van der Waals surface area contributed by atoms with Crippen LogP contribution in [-0.2, 0) is 5.41 Å². The number of rotatable bonds is 3. The van der Waals surface area contributed by atoms with Crippen molar-refractivity contribution < 1.29 is 4.74 Å². The van der Waals surface area contributed by atoms with Crippen molar-refractivity contribution in [2.45, 2.75) is 64.9 Å². The zero-order valence-electron chi connectivity index (χ0n) is 11.7. The van der Waals surface area contributed by atoms with Crippen molar-refractivity contribution in [2.24, 2.45) is 0 Å². The van der Waals surface area contributed by atoms with Crippen LogP contribution in [0.5, 0.6) is 5.75 Å². The molecule has 0 bridgehead atoms. The van der Waals surface area contributed by atoms with E-state index in [2.05, 4.69) is 52.8 Å². The van der Waals surface area contributed by atoms with E-state index >= 15 is 0 Å². The molecule has 1 aromatic rings. The molecular weight excluding hydrogens is 208 g/mol. The van der Waals surface area contributed by atoms with Crippen LogP contribution in [0.4, 0.5) is 0 Å². The van der Waals surface area contributed by atoms with E-state index in [1.807, 2.05) is 0 Å². The number of hydrogen-bond acceptors (Lipinski definition) is 1. The Morgan fingerprint density at radius 3 is 2.29 bits per heavy atom. The lowest BCUT2D eigenvalue weighted by Gasteiger charge is -2.26. The minimum absolute atomic E-state index is 0.148. The van der Waals surface area contributed by atoms with Crippen LogP contribution in [-0.4, -0.2) is 6.10 Å². The van der Waals surface area contributed by atoms with Crippen molar-refractivity contribution in [1.29, 1.82) is 0 Å². The molecule has 0 unspecified atom stereocenters. The lowest BCUT2D eigenvalue weighted by Crippen LogP contribution is -2.15. The molecule has 1 heteroatoms. The van der Waals surface area contributed by atoms with Gasteiger partial charge in [0.25, 0.3) is 0 Å². The Balaban J connectivity index is 2.45. The molecule has 0 amide bonds. The zero-order valence-corrected chi connectivity index (χ0v) is 11.7. The SMILES string of the molecule is CC(C)c1cccc(C(C)(C)C)c1OC1CC1. The Morgan fingerprint density at radius 1 is 1.18 bits per heavy atom. The van der Waals surface area contributed by atoms with Crippen LogP contribution < -0.4 is 4.74 Å². The number of hydrogen-bond donors (Lipinski definition) is 0. The van der Waals surface area contributed by atoms with E-state index in [-0.39, 0.29) is 5.41 Å². The average molecular weight is 232 g/mol. The normalized spacial score (nSPS) is 16.4. The van der Waals surface area contributed by atoms with Crippen LogP contribution in [0.2, 0.25) is 0 Å². The summed E-state index contributed by atoms with van der Waals surface area (Å²) in [5, 5.41) is 0. The van der Waals surface area contributed by atoms with Gasteiger partial charge in [0.05, 0.1) is 6.10 Å². The molecular formula is C16H24O. The molecule has 1 nitrogen and oxygen atoms in total. The van der Waals surface area contributed by atoms with Crippen LogP contribution in [0.15, 0.2) is 18.2 Å². The number of para-hydroxylation sites is 1. The molecule has 0 atom stereocenters. The molecule has 17 heavy (non-hydrogen) atoms. The van der Waals surface area contributed by atoms with Crippen LogP contribution in [0.1, 0.15) is 64.5 Å². The third-order valence-corrected chi connectivity index (χ3v) is 3.28. The summed E-state index contributed by atoms with van der Waals surface area (Å²) in [5.41, 5.74) is 2.84. The Hall–Kier alpha value is -0.980. The molecule has 94 valence electrons. The van der Waals surface area contributed by atoms with Crippen molar-refractivity contribution in [2.75, 3.05) is 0 Å². The van der Waals surface area contributed by atoms with Gasteiger partial charge in [0.1, 0.15) is 5.75 Å². The Kier molecular flexibility index (Phi) is 3.20. The molecule has 2 rings (SSSR count). The molecule has 0 aliphatic heterocycles. The first-order chi connectivity index (χ1) is 7.89. The van der Waals surface area contributed by atoms with Crippen molar-refractivity contribution in [1.82, 2.24) is 0 Å². The fraction of sp³-hybridized carbons (Fsp3) is 0.625. The van der Waals surface area contributed by atoms with E-state index in [0.29, 0.717) is 12.0 Å². The monoisotopic (exact) mass is 232 g/mol. The van der Waals surface area contributed by atoms with Crippen molar-refractivity contribution in [3.05, 3.63) is 29.3 Å². The molecule has 0 radical (unpaired) electrons. The summed E-state index contributed by atoms with van der Waals surface area (Å²) in [5.74, 6) is 1.67. The molecule has 0 saturated heterocycles. The minimum Gasteiger partial charge on any atom is -0.490 e. The first-order valence-corrected chi connectivity index (χ1v) is 6.69. The zero-order chi connectivity index (χ0) is 12.6. The molecule has 1 aliphatic carbocycles. The maximum atomic E-state index is 6.18. The number of benzene rings is 1. The summed E-state index contributed by atoms with van der Waals surface area (Å²) >= 11 is 0. The predicted molar refractivity (Wildman–Crippen MR) is 72.9 cm³/mol. The van der Waals surface area contributed by atoms with Crippen molar-refractivity contribution in [3.8, 4) is 5.75 Å². The third kappa shape index (κ3) is 2.83. The highest BCUT2D eigenvalue weighted by Crippen LogP contribution is 2.40. The third-order valence-electron chi connectivity index (χ3n) is 3.28. The van der Waals surface area contributed by atoms with E-state index < -0.39 is 0 Å². The second-order valence-corrected chi connectivity index (χ2v) is 6.45. The first kappa shape index (κ1) is 12.5. The van der Waals surface area contributed by atoms with Crippen LogP contribution >= 0.6 is 0 Å². The molecule has 0 N–H and O–H groups in total. The molecule has 0 spiro atoms. The summed E-state index contributed by atoms with van der Waals surface area (Å²) in [6, 6.07) is 6.58. The smallest absolute Gasteiger partial charge is 0.126 e. The Labute approximate surface area is 105 Å². The maximum absolute atomic E-state index is 6.18. The lowest BCUT2D eigenvalue weighted by atomic mass is 9.84. The highest BCUT2D eigenvalue weighted by atomic mass is 16.5. The summed E-state index contributed by atoms with van der Waals surface area (Å²) in [6.07, 6.45) is 2.91. The fourth-order valence-electron chi connectivity index (χ4n) is 2.08. The van der Waals surface area contributed by atoms with E-state index in [0.717, 1.165) is 5.75 Å². The summed E-state index contributed by atoms with van der Waals surface area (Å²) in [6.45, 7) is 11.2. The van der Waals surface area contributed by atoms with Gasteiger partial charge in [-0.3, -0.25) is 0 Å². The van der Waals surface area contributed by atoms with Gasteiger partial charge in [-0.05, 0) is 35.3 Å². The van der Waals surface area contributed by atoms with Crippen LogP contribution in [0.3, 0.4) is 0 Å². The van der Waals surface area contributed by atoms with Gasteiger partial charge in [0.15, 0.2) is 0 Å². The van der Waals surface area contributed by atoms with Crippen molar-refractivity contribution >= 4 is 0 Å². The molecule has 0 aromatic heterocycles. The van der Waals surface area contributed by atoms with Crippen LogP contribution in [0, 0.1) is 0 Å². The highest BCUT2D eigenvalue weighted by Gasteiger charge is 2.29. The minimum atomic E-state index is 0.148. The average Bonchev–Trinajstić information content (AvgIpc) is 3.00. The molecule has 1 saturated carbocycles. The standard InChI is InChI=1S/C16H24O/c1-11(2)13-7-6-8-14(16(3,4)5)15(13)17-12-9-10-12/h6-8,11-12H,9-10H2,1-5H3. The van der Waals surface area contributed by atoms with E-state index in [9.17, 15) is 0 Å². The van der Waals surface area contributed by atoms with Gasteiger partial charge in [-0.15, -0.1) is 0 Å². The Bertz CT molecular complexity index is 394. The van der Waals surface area contributed by atoms with Gasteiger partial charge in [-0.2, -0.15) is 0 Å². The van der Waals surface area contributed by atoms with Gasteiger partial charge in [0.2, 0.25) is 0 Å². The summed E-state index contributed by atoms with van der Waals surface area (Å²) in [4.78, 5) is 0. The van der Waals surface area contributed by atoms with E-state index in [1.165, 1.54) is 24.0 Å². The molecule has 1 aliphatic rings. The Morgan fingerprint density at radius 2 is 1.82 bits per heavy atom. The van der Waals surface area contributed by atoms with Gasteiger partial charge >= 0.3 is 0 Å². The van der Waals surface area contributed by atoms with Gasteiger partial charge in [-0.25, -0.2) is 0 Å². The van der Waals surface area contributed by atoms with Crippen LogP contribution in [0.25, 0.3) is 0 Å². The van der Waals surface area contributed by atoms with E-state index in [1.54, 1.807) is 0 Å². The quantitative estimate of drug-likeness (QED) is 0.737. The highest BCUT2D eigenvalue weighted by molar-refractivity contribution is 5.46. The number of ether oxygens (including phenoxy) is 1. The second kappa shape index (κ2) is 4.36. The molecule has 0 heterocycles. The maximum Gasteiger partial charge on any atom is 0.126 e. The van der Waals surface area contributed by atoms with Gasteiger partial charge in [-0.1, -0.05) is 52.8 Å². The topological polar surface area (TPSA) is 9.23 Å². The second-order valence-electron chi connectivity index (χ2n) is 6.45. The largest absolute Gasteiger partial charge is 0.490 e. The summed E-state index contributed by atoms with van der Waals surface area (Å²) in [7, 11) is 0. The van der Waals surface area contributed by atoms with E-state index in [4.69, 9.17) is 4.74 Å². The first-order valence-electron chi connectivity index (χ1n) is 6.69. The van der Waals surface area contributed by atoms with Crippen molar-refractivity contribution in [3.63, 3.8) is 0 Å². The fourth-order valence-corrected chi connectivity index (χ4v) is 2.08. The van der Waals surface area contributed by atoms with Gasteiger partial charge < -0.3 is 4.74 Å². The lowest BCUT2D eigenvalue weighted by molar-refractivity contribution is 0.290. The predicted octanol–water partition coefficient (Wildman–Crippen LogP) is 4.65. The summed E-state index contributed by atoms with van der Waals surface area (Å²) < 4.78 is 6.18. The molecule has 1 fully saturated rings. The van der Waals surface area contributed by atoms with Gasteiger partial charge in [0, 0.05) is 0 Å². The molecule has 1 aromatic carbocycles.